The van der Waals surface area contributed by atoms with Gasteiger partial charge in [-0.1, -0.05) is 6.92 Å². The van der Waals surface area contributed by atoms with E-state index in [-0.39, 0.29) is 59.1 Å². The molecule has 2 radical (unpaired) electrons. The molecule has 0 atom stereocenters. The molecule has 0 aliphatic rings. The minimum absolute atomic E-state index is 0. The molecule has 2 nitrogen and oxygen atoms in total. The molecule has 0 spiro atoms. The average molecular weight is 107 g/mol. The Labute approximate surface area is 82.2 Å². The maximum absolute atomic E-state index is 7.62. The van der Waals surface area contributed by atoms with Crippen LogP contribution in [0.1, 0.15) is 6.92 Å². The van der Waals surface area contributed by atoms with E-state index >= 15 is 0 Å². The Hall–Kier alpha value is 1.92. The van der Waals surface area contributed by atoms with Crippen molar-refractivity contribution in [1.29, 1.82) is 0 Å². The number of hydrogen-bond donors (Lipinski definition) is 2. The Bertz CT molecular complexity index is 13.5. The first-order valence-electron chi connectivity index (χ1n) is 1.28. The van der Waals surface area contributed by atoms with E-state index in [1.165, 1.54) is 0 Å². The summed E-state index contributed by atoms with van der Waals surface area (Å²) in [5, 5.41) is 7.62. The van der Waals surface area contributed by atoms with Gasteiger partial charge in [0.15, 0.2) is 0 Å². The Morgan fingerprint density at radius 2 is 1.67 bits per heavy atom. The number of rotatable bonds is 1. The van der Waals surface area contributed by atoms with Crippen LogP contribution >= 0.6 is 0 Å². The minimum Gasteiger partial charge on any atom is -0.317 e. The molecule has 0 aliphatic heterocycles. The van der Waals surface area contributed by atoms with Gasteiger partial charge in [0.1, 0.15) is 0 Å². The molecule has 28 valence electrons. The topological polar surface area (TPSA) is 32.3 Å². The van der Waals surface area contributed by atoms with Crippen LogP contribution in [0.3, 0.4) is 0 Å². The van der Waals surface area contributed by atoms with E-state index in [1.807, 2.05) is 12.4 Å². The normalized spacial score (nSPS) is 5.00. The fraction of sp³-hybridized carbons (Fsp3) is 1.00. The standard InChI is InChI=1S/C2H7NO.2Na/c1-2-3-4;;/h3-4H,2H2,1H3;;. The smallest absolute Gasteiger partial charge is 0.0179 e. The summed E-state index contributed by atoms with van der Waals surface area (Å²) in [6.45, 7) is 2.44. The van der Waals surface area contributed by atoms with Gasteiger partial charge in [0.2, 0.25) is 0 Å². The van der Waals surface area contributed by atoms with E-state index in [9.17, 15) is 0 Å². The molecule has 0 saturated carbocycles. The van der Waals surface area contributed by atoms with E-state index < -0.39 is 0 Å². The fourth-order valence-corrected chi connectivity index (χ4v) is 0. The van der Waals surface area contributed by atoms with Gasteiger partial charge in [-0.3, -0.25) is 0 Å². The number of hydrogen-bond acceptors (Lipinski definition) is 2. The van der Waals surface area contributed by atoms with Crippen molar-refractivity contribution in [3.8, 4) is 0 Å². The summed E-state index contributed by atoms with van der Waals surface area (Å²) in [7, 11) is 0. The number of hydroxylamine groups is 1. The fourth-order valence-electron chi connectivity index (χ4n) is 0. The van der Waals surface area contributed by atoms with Crippen LogP contribution < -0.4 is 5.48 Å². The first kappa shape index (κ1) is 15.7. The van der Waals surface area contributed by atoms with Crippen molar-refractivity contribution in [3.05, 3.63) is 0 Å². The monoisotopic (exact) mass is 107 g/mol. The first-order valence-corrected chi connectivity index (χ1v) is 1.28. The van der Waals surface area contributed by atoms with Crippen molar-refractivity contribution in [2.45, 2.75) is 6.92 Å². The van der Waals surface area contributed by atoms with Gasteiger partial charge in [-0.05, 0) is 0 Å². The summed E-state index contributed by atoms with van der Waals surface area (Å²) in [5.41, 5.74) is 1.93. The van der Waals surface area contributed by atoms with Gasteiger partial charge in [0, 0.05) is 65.7 Å². The van der Waals surface area contributed by atoms with E-state index in [2.05, 4.69) is 0 Å². The molecule has 0 aromatic carbocycles. The van der Waals surface area contributed by atoms with Crippen LogP contribution in [0, 0.1) is 0 Å². The van der Waals surface area contributed by atoms with Crippen LogP contribution in [0.2, 0.25) is 0 Å². The van der Waals surface area contributed by atoms with Gasteiger partial charge in [0.05, 0.1) is 0 Å². The second-order valence-corrected chi connectivity index (χ2v) is 0.512. The van der Waals surface area contributed by atoms with Gasteiger partial charge in [-0.2, -0.15) is 0 Å². The zero-order valence-electron chi connectivity index (χ0n) is 4.65. The summed E-state index contributed by atoms with van der Waals surface area (Å²) in [6.07, 6.45) is 0. The third-order valence-corrected chi connectivity index (χ3v) is 0.158. The Morgan fingerprint density at radius 1 is 1.50 bits per heavy atom. The molecule has 0 bridgehead atoms. The van der Waals surface area contributed by atoms with Crippen molar-refractivity contribution >= 4 is 59.1 Å². The summed E-state index contributed by atoms with van der Waals surface area (Å²) < 4.78 is 0. The molecule has 0 rings (SSSR count). The molecule has 2 N–H and O–H groups in total. The Kier molecular flexibility index (Phi) is 41.2. The van der Waals surface area contributed by atoms with E-state index in [0.717, 1.165) is 0 Å². The molecule has 0 amide bonds. The third-order valence-electron chi connectivity index (χ3n) is 0.158. The molecule has 0 aromatic heterocycles. The Morgan fingerprint density at radius 3 is 1.67 bits per heavy atom. The zero-order valence-corrected chi connectivity index (χ0v) is 8.65. The van der Waals surface area contributed by atoms with E-state index in [0.29, 0.717) is 6.54 Å². The summed E-state index contributed by atoms with van der Waals surface area (Å²) in [5.74, 6) is 0. The van der Waals surface area contributed by atoms with Crippen LogP contribution in [-0.4, -0.2) is 70.9 Å². The maximum Gasteiger partial charge on any atom is 0.0179 e. The second kappa shape index (κ2) is 15.8. The number of nitrogens with one attached hydrogen (secondary N) is 1. The van der Waals surface area contributed by atoms with Crippen LogP contribution in [0.4, 0.5) is 0 Å². The SMILES string of the molecule is CCNO.[Na].[Na]. The molecule has 4 heteroatoms. The van der Waals surface area contributed by atoms with Crippen LogP contribution in [0.15, 0.2) is 0 Å². The molecule has 0 heterocycles. The van der Waals surface area contributed by atoms with Gasteiger partial charge >= 0.3 is 0 Å². The molecule has 6 heavy (non-hydrogen) atoms. The van der Waals surface area contributed by atoms with Gasteiger partial charge in [-0.25, -0.2) is 5.48 Å². The second-order valence-electron chi connectivity index (χ2n) is 0.512. The maximum atomic E-state index is 7.62. The molecule has 0 fully saturated rings. The predicted octanol–water partition coefficient (Wildman–Crippen LogP) is -0.777. The van der Waals surface area contributed by atoms with Crippen molar-refractivity contribution in [1.82, 2.24) is 5.48 Å². The van der Waals surface area contributed by atoms with Crippen molar-refractivity contribution in [3.63, 3.8) is 0 Å². The zero-order chi connectivity index (χ0) is 3.41. The average Bonchev–Trinajstić information content (AvgIpc) is 1.37. The van der Waals surface area contributed by atoms with Gasteiger partial charge in [0.25, 0.3) is 0 Å². The van der Waals surface area contributed by atoms with Crippen LogP contribution in [-0.2, 0) is 0 Å². The molecular weight excluding hydrogens is 100 g/mol. The summed E-state index contributed by atoms with van der Waals surface area (Å²) in [4.78, 5) is 0. The first-order chi connectivity index (χ1) is 1.91. The largest absolute Gasteiger partial charge is 0.317 e. The molecule has 0 unspecified atom stereocenters. The summed E-state index contributed by atoms with van der Waals surface area (Å²) in [6, 6.07) is 0. The third kappa shape index (κ3) is 16.8. The van der Waals surface area contributed by atoms with Gasteiger partial charge < -0.3 is 5.21 Å². The van der Waals surface area contributed by atoms with Crippen molar-refractivity contribution in [2.75, 3.05) is 6.54 Å². The van der Waals surface area contributed by atoms with E-state index in [1.54, 1.807) is 0 Å². The quantitative estimate of drug-likeness (QED) is 0.340. The molecule has 0 saturated heterocycles. The Balaban J connectivity index is -0.0000000450. The van der Waals surface area contributed by atoms with Crippen molar-refractivity contribution < 1.29 is 5.21 Å². The minimum atomic E-state index is 0. The summed E-state index contributed by atoms with van der Waals surface area (Å²) >= 11 is 0. The molecular formula is C2H7NNa2O. The predicted molar refractivity (Wildman–Crippen MR) is 27.0 cm³/mol. The van der Waals surface area contributed by atoms with Gasteiger partial charge in [-0.15, -0.1) is 0 Å². The van der Waals surface area contributed by atoms with E-state index in [4.69, 9.17) is 5.21 Å². The molecule has 0 aliphatic carbocycles. The molecule has 0 aromatic rings. The van der Waals surface area contributed by atoms with Crippen molar-refractivity contribution in [2.24, 2.45) is 0 Å². The van der Waals surface area contributed by atoms with Crippen LogP contribution in [0.25, 0.3) is 0 Å². The van der Waals surface area contributed by atoms with Crippen LogP contribution in [0.5, 0.6) is 0 Å².